The van der Waals surface area contributed by atoms with Crippen molar-refractivity contribution in [2.75, 3.05) is 16.8 Å². The maximum atomic E-state index is 11.8. The van der Waals surface area contributed by atoms with Gasteiger partial charge in [-0.25, -0.2) is 15.0 Å². The maximum Gasteiger partial charge on any atom is 0.236 e. The van der Waals surface area contributed by atoms with Crippen molar-refractivity contribution in [3.8, 4) is 0 Å². The highest BCUT2D eigenvalue weighted by atomic mass is 32.2. The summed E-state index contributed by atoms with van der Waals surface area (Å²) in [6, 6.07) is 0. The second-order valence-corrected chi connectivity index (χ2v) is 7.57. The van der Waals surface area contributed by atoms with Crippen LogP contribution in [-0.4, -0.2) is 26.6 Å². The largest absolute Gasteiger partial charge is 0.383 e. The van der Waals surface area contributed by atoms with Gasteiger partial charge in [-0.1, -0.05) is 11.8 Å². The maximum absolute atomic E-state index is 11.8. The number of nitrogens with zero attached hydrogens (tertiary/aromatic N) is 3. The first-order valence-electron chi connectivity index (χ1n) is 6.40. The van der Waals surface area contributed by atoms with Gasteiger partial charge in [-0.3, -0.25) is 4.79 Å². The molecule has 0 fully saturated rings. The van der Waals surface area contributed by atoms with E-state index in [-0.39, 0.29) is 11.7 Å². The molecule has 0 aliphatic heterocycles. The molecule has 0 unspecified atom stereocenters. The van der Waals surface area contributed by atoms with Gasteiger partial charge in [0.25, 0.3) is 0 Å². The van der Waals surface area contributed by atoms with Gasteiger partial charge in [0.2, 0.25) is 5.91 Å². The summed E-state index contributed by atoms with van der Waals surface area (Å²) < 4.78 is 0. The van der Waals surface area contributed by atoms with Crippen LogP contribution >= 0.6 is 34.4 Å². The van der Waals surface area contributed by atoms with Gasteiger partial charge in [0, 0.05) is 16.5 Å². The van der Waals surface area contributed by atoms with E-state index < -0.39 is 0 Å². The van der Waals surface area contributed by atoms with Gasteiger partial charge >= 0.3 is 0 Å². The second-order valence-electron chi connectivity index (χ2n) is 4.53. The van der Waals surface area contributed by atoms with Gasteiger partial charge in [-0.05, 0) is 19.4 Å². The number of carbonyl (C=O) groups is 1. The third kappa shape index (κ3) is 3.06. The molecule has 0 saturated carbocycles. The number of nitrogens with two attached hydrogens (primary N) is 1. The van der Waals surface area contributed by atoms with Crippen molar-refractivity contribution in [3.63, 3.8) is 0 Å². The molecular formula is C13H13N5OS3. The Kier molecular flexibility index (Phi) is 4.27. The number of hydrogen-bond donors (Lipinski definition) is 2. The van der Waals surface area contributed by atoms with E-state index in [0.717, 1.165) is 15.8 Å². The van der Waals surface area contributed by atoms with Crippen LogP contribution in [0.3, 0.4) is 0 Å². The van der Waals surface area contributed by atoms with Gasteiger partial charge in [0.1, 0.15) is 10.6 Å². The number of amides is 1. The number of thiazole rings is 1. The lowest BCUT2D eigenvalue weighted by Gasteiger charge is -2.03. The summed E-state index contributed by atoms with van der Waals surface area (Å²) in [5, 5.41) is 6.55. The summed E-state index contributed by atoms with van der Waals surface area (Å²) in [5.74, 6) is 0.545. The van der Waals surface area contributed by atoms with Crippen LogP contribution in [0.15, 0.2) is 16.7 Å². The Morgan fingerprint density at radius 1 is 1.41 bits per heavy atom. The molecule has 3 N–H and O–H groups in total. The zero-order valence-corrected chi connectivity index (χ0v) is 14.4. The van der Waals surface area contributed by atoms with Crippen molar-refractivity contribution < 1.29 is 4.79 Å². The Labute approximate surface area is 139 Å². The number of carbonyl (C=O) groups excluding carboxylic acids is 1. The van der Waals surface area contributed by atoms with Gasteiger partial charge in [0.05, 0.1) is 11.1 Å². The van der Waals surface area contributed by atoms with Gasteiger partial charge < -0.3 is 11.1 Å². The van der Waals surface area contributed by atoms with Crippen molar-refractivity contribution in [1.29, 1.82) is 0 Å². The van der Waals surface area contributed by atoms with E-state index in [4.69, 9.17) is 5.73 Å². The molecule has 6 nitrogen and oxygen atoms in total. The summed E-state index contributed by atoms with van der Waals surface area (Å²) in [6.45, 7) is 4.05. The first-order valence-corrected chi connectivity index (χ1v) is 9.08. The molecule has 1 amide bonds. The van der Waals surface area contributed by atoms with Crippen molar-refractivity contribution in [2.24, 2.45) is 0 Å². The predicted molar refractivity (Wildman–Crippen MR) is 92.8 cm³/mol. The normalized spacial score (nSPS) is 11.0. The minimum absolute atomic E-state index is 0.138. The third-order valence-electron chi connectivity index (χ3n) is 3.05. The summed E-state index contributed by atoms with van der Waals surface area (Å²) in [6.07, 6.45) is 1.65. The highest BCUT2D eigenvalue weighted by Crippen LogP contribution is 2.33. The molecule has 22 heavy (non-hydrogen) atoms. The Morgan fingerprint density at radius 3 is 2.95 bits per heavy atom. The molecule has 3 rings (SSSR count). The van der Waals surface area contributed by atoms with Gasteiger partial charge in [-0.15, -0.1) is 22.7 Å². The number of aromatic nitrogens is 3. The number of nitrogens with one attached hydrogen (secondary N) is 1. The molecule has 114 valence electrons. The summed E-state index contributed by atoms with van der Waals surface area (Å²) in [7, 11) is 0. The van der Waals surface area contributed by atoms with E-state index in [1.165, 1.54) is 28.0 Å². The number of thioether (sulfide) groups is 1. The number of thiophene rings is 1. The minimum atomic E-state index is -0.138. The first-order chi connectivity index (χ1) is 10.5. The molecule has 0 aliphatic rings. The van der Waals surface area contributed by atoms with Crippen molar-refractivity contribution in [3.05, 3.63) is 22.0 Å². The number of nitrogen functional groups attached to an aromatic ring is 1. The Hall–Kier alpha value is -1.71. The number of hydrogen-bond acceptors (Lipinski definition) is 8. The lowest BCUT2D eigenvalue weighted by molar-refractivity contribution is -0.113. The van der Waals surface area contributed by atoms with Crippen molar-refractivity contribution >= 4 is 61.5 Å². The minimum Gasteiger partial charge on any atom is -0.383 e. The highest BCUT2D eigenvalue weighted by Gasteiger charge is 2.14. The molecule has 0 radical (unpaired) electrons. The monoisotopic (exact) mass is 351 g/mol. The lowest BCUT2D eigenvalue weighted by Crippen LogP contribution is -2.14. The van der Waals surface area contributed by atoms with Crippen LogP contribution in [0.25, 0.3) is 10.2 Å². The van der Waals surface area contributed by atoms with Crippen LogP contribution < -0.4 is 11.1 Å². The number of aryl methyl sites for hydroxylation is 2. The van der Waals surface area contributed by atoms with Crippen LogP contribution in [0.2, 0.25) is 0 Å². The standard InChI is InChI=1S/C13H13N5OS3/c1-6-7(2)22-11-9(6)10(14)17-13(18-11)21-5-8(19)16-12-15-3-4-20-12/h3-4H,5H2,1-2H3,(H2,14,17,18)(H,15,16,19). The topological polar surface area (TPSA) is 93.8 Å². The average molecular weight is 351 g/mol. The molecule has 3 aromatic heterocycles. The lowest BCUT2D eigenvalue weighted by atomic mass is 10.2. The zero-order valence-electron chi connectivity index (χ0n) is 11.9. The summed E-state index contributed by atoms with van der Waals surface area (Å²) in [4.78, 5) is 26.7. The smallest absolute Gasteiger partial charge is 0.236 e. The fraction of sp³-hybridized carbons (Fsp3) is 0.231. The van der Waals surface area contributed by atoms with E-state index in [1.807, 2.05) is 19.2 Å². The first kappa shape index (κ1) is 15.2. The molecule has 0 bridgehead atoms. The fourth-order valence-electron chi connectivity index (χ4n) is 1.90. The molecule has 3 aromatic rings. The van der Waals surface area contributed by atoms with Gasteiger partial charge in [0.15, 0.2) is 10.3 Å². The van der Waals surface area contributed by atoms with Crippen molar-refractivity contribution in [1.82, 2.24) is 15.0 Å². The fourth-order valence-corrected chi connectivity index (χ4v) is 4.19. The van der Waals surface area contributed by atoms with Crippen LogP contribution in [0.4, 0.5) is 10.9 Å². The van der Waals surface area contributed by atoms with E-state index in [1.54, 1.807) is 17.5 Å². The van der Waals surface area contributed by atoms with Crippen LogP contribution in [0, 0.1) is 13.8 Å². The summed E-state index contributed by atoms with van der Waals surface area (Å²) in [5.41, 5.74) is 7.14. The molecule has 0 aliphatic carbocycles. The molecule has 3 heterocycles. The van der Waals surface area contributed by atoms with Crippen LogP contribution in [0.1, 0.15) is 10.4 Å². The van der Waals surface area contributed by atoms with E-state index >= 15 is 0 Å². The highest BCUT2D eigenvalue weighted by molar-refractivity contribution is 7.99. The third-order valence-corrected chi connectivity index (χ3v) is 5.68. The second kappa shape index (κ2) is 6.19. The predicted octanol–water partition coefficient (Wildman–Crippen LogP) is 3.08. The van der Waals surface area contributed by atoms with Gasteiger partial charge in [-0.2, -0.15) is 0 Å². The number of anilines is 2. The molecule has 0 aromatic carbocycles. The molecule has 0 saturated heterocycles. The molecule has 9 heteroatoms. The zero-order chi connectivity index (χ0) is 15.7. The van der Waals surface area contributed by atoms with E-state index in [2.05, 4.69) is 20.3 Å². The molecule has 0 atom stereocenters. The van der Waals surface area contributed by atoms with Crippen molar-refractivity contribution in [2.45, 2.75) is 19.0 Å². The SMILES string of the molecule is Cc1sc2nc(SCC(=O)Nc3nccs3)nc(N)c2c1C. The van der Waals surface area contributed by atoms with E-state index in [0.29, 0.717) is 16.1 Å². The molecule has 0 spiro atoms. The molecular weight excluding hydrogens is 338 g/mol. The number of rotatable bonds is 4. The number of fused-ring (bicyclic) bond motifs is 1. The Balaban J connectivity index is 1.73. The van der Waals surface area contributed by atoms with Crippen LogP contribution in [0.5, 0.6) is 0 Å². The van der Waals surface area contributed by atoms with Crippen LogP contribution in [-0.2, 0) is 4.79 Å². The average Bonchev–Trinajstić information content (AvgIpc) is 3.06. The Bertz CT molecular complexity index is 828. The summed E-state index contributed by atoms with van der Waals surface area (Å²) >= 11 is 4.24. The quantitative estimate of drug-likeness (QED) is 0.554. The van der Waals surface area contributed by atoms with E-state index in [9.17, 15) is 4.79 Å². The Morgan fingerprint density at radius 2 is 2.23 bits per heavy atom.